The lowest BCUT2D eigenvalue weighted by Crippen LogP contribution is -2.25. The van der Waals surface area contributed by atoms with Gasteiger partial charge in [0.1, 0.15) is 92.1 Å². The molecule has 720 valence electrons. The Balaban J connectivity index is 0.000000131. The summed E-state index contributed by atoms with van der Waals surface area (Å²) in [5.41, 5.74) is 11.4. The highest BCUT2D eigenvalue weighted by Crippen LogP contribution is 2.53. The minimum atomic E-state index is -4.76. The molecule has 0 radical (unpaired) electrons. The molecule has 4 saturated carbocycles. The molecule has 16 nitrogen and oxygen atoms in total. The third-order valence-corrected chi connectivity index (χ3v) is 29.8. The van der Waals surface area contributed by atoms with Crippen molar-refractivity contribution in [3.63, 3.8) is 0 Å². The molecule has 138 heavy (non-hydrogen) atoms. The number of carbonyl (C=O) groups is 5. The number of ketones is 5. The van der Waals surface area contributed by atoms with Crippen molar-refractivity contribution in [3.8, 4) is 63.2 Å². The number of aryl methyl sites for hydroxylation is 6. The molecule has 0 unspecified atom stereocenters. The second-order valence-corrected chi connectivity index (χ2v) is 40.1. The van der Waals surface area contributed by atoms with Gasteiger partial charge in [0.2, 0.25) is 0 Å². The van der Waals surface area contributed by atoms with Crippen molar-refractivity contribution in [2.24, 2.45) is 52.8 Å². The molecule has 0 amide bonds. The lowest BCUT2D eigenvalue weighted by atomic mass is 9.74. The van der Waals surface area contributed by atoms with Gasteiger partial charge < -0.3 is 54.0 Å². The predicted octanol–water partition coefficient (Wildman–Crippen LogP) is 31.9. The van der Waals surface area contributed by atoms with Crippen LogP contribution in [0.4, 0.5) is 22.0 Å². The van der Waals surface area contributed by atoms with Gasteiger partial charge in [0.05, 0.1) is 37.9 Å². The first-order chi connectivity index (χ1) is 65.9. The lowest BCUT2D eigenvalue weighted by Gasteiger charge is -2.30. The summed E-state index contributed by atoms with van der Waals surface area (Å²) < 4.78 is 99.2. The molecule has 9 aliphatic carbocycles. The number of ether oxygens (including phenoxy) is 6. The molecule has 0 spiro atoms. The van der Waals surface area contributed by atoms with E-state index in [-0.39, 0.29) is 127 Å². The highest BCUT2D eigenvalue weighted by atomic mass is 79.9. The number of hydrogen-bond acceptors (Lipinski definition) is 16. The van der Waals surface area contributed by atoms with Crippen molar-refractivity contribution >= 4 is 123 Å². The molecule has 19 rings (SSSR count). The molecule has 4 fully saturated rings. The molecular formula is C112H106Br2Cl3F5O16. The van der Waals surface area contributed by atoms with Gasteiger partial charge in [-0.05, 0) is 338 Å². The third kappa shape index (κ3) is 22.8. The van der Waals surface area contributed by atoms with Crippen LogP contribution in [-0.4, -0.2) is 60.8 Å². The second kappa shape index (κ2) is 43.1. The standard InChI is InChI=1S/C23H25ClO3.C23H21F3O4.C22H20BrClO3.C22H20BrFO3.C22H20ClFO3/c1-5-15-7-9-16(27-17-8-6-14(2)19(24)11-17)10-18(15)22-20(25)12-23(3,4)13-21(22)26;1-2-13-5-6-18(29-16-7-9-17(10-8-16)30-23(24,25)26)12-19(13)20-21(27)14-3-4-15(11-14)22(20)28;1-2-12-5-6-15(27-16-7-8-18(23)19(24)11-16)10-17(12)20-21(25)13-3-4-14(9-13)22(20)26;1-2-12-5-7-16(27-19-8-6-15(23)10-18(19)24)11-17(12)20-21(25)13-3-4-14(9-13)22(20)26;1-2-12-5-6-15(27-16-7-8-18(23)19(24)11-16)10-17(12)20-21(25)13-3-4-14(9-13)22(20)26/h6-11,25H,5,12-13H2,1-4H3;5-10,12,14-15,27H,2-4,11H2,1H3;3*5-8,10-11,13-14,25H,2-4,9H2,1H3/t;14-,15+;3*13-,14+/m.0000/s1. The smallest absolute Gasteiger partial charge is 0.512 e. The van der Waals surface area contributed by atoms with Crippen LogP contribution in [-0.2, 0) is 56.1 Å². The van der Waals surface area contributed by atoms with Crippen LogP contribution >= 0.6 is 66.7 Å². The first-order valence-corrected chi connectivity index (χ1v) is 49.5. The van der Waals surface area contributed by atoms with Crippen LogP contribution < -0.4 is 28.4 Å². The highest BCUT2D eigenvalue weighted by molar-refractivity contribution is 9.10. The number of aliphatic hydroxyl groups is 5. The summed E-state index contributed by atoms with van der Waals surface area (Å²) in [7, 11) is 0. The van der Waals surface area contributed by atoms with E-state index >= 15 is 0 Å². The Morgan fingerprint density at radius 1 is 0.348 bits per heavy atom. The van der Waals surface area contributed by atoms with E-state index in [1.54, 1.807) is 66.7 Å². The van der Waals surface area contributed by atoms with Crippen molar-refractivity contribution in [1.29, 1.82) is 0 Å². The van der Waals surface area contributed by atoms with Gasteiger partial charge in [-0.3, -0.25) is 24.0 Å². The number of allylic oxidation sites excluding steroid dienone is 10. The van der Waals surface area contributed by atoms with Crippen molar-refractivity contribution in [2.75, 3.05) is 0 Å². The van der Waals surface area contributed by atoms with Gasteiger partial charge in [-0.25, -0.2) is 8.78 Å². The summed E-state index contributed by atoms with van der Waals surface area (Å²) in [5, 5.41) is 54.7. The molecular weight excluding hydrogens is 1960 g/mol. The number of hydrogen-bond donors (Lipinski definition) is 5. The van der Waals surface area contributed by atoms with E-state index < -0.39 is 18.0 Å². The van der Waals surface area contributed by atoms with Crippen molar-refractivity contribution in [3.05, 3.63) is 314 Å². The molecule has 26 heteroatoms. The Morgan fingerprint density at radius 2 is 0.659 bits per heavy atom. The summed E-state index contributed by atoms with van der Waals surface area (Å²) in [6.45, 7) is 16.0. The molecule has 10 aromatic rings. The van der Waals surface area contributed by atoms with E-state index in [0.29, 0.717) is 137 Å². The van der Waals surface area contributed by atoms with Crippen LogP contribution in [0.3, 0.4) is 0 Å². The van der Waals surface area contributed by atoms with Gasteiger partial charge >= 0.3 is 6.36 Å². The molecule has 0 aliphatic heterocycles. The average molecular weight is 2070 g/mol. The minimum Gasteiger partial charge on any atom is -0.512 e. The monoisotopic (exact) mass is 2060 g/mol. The fraction of sp³-hybridized carbons (Fsp3) is 0.330. The molecule has 0 aromatic heterocycles. The SMILES string of the molecule is CCc1ccc(Oc2ccc(Br)c(Cl)c2)cc1C1=C(O)[C@H]2CC[C@H](C2)C1=O.CCc1ccc(Oc2ccc(Br)cc2F)cc1C1=C(O)[C@H]2CC[C@H](C2)C1=O.CCc1ccc(Oc2ccc(C)c(Cl)c2)cc1C1=C(O)CC(C)(C)CC1=O.CCc1ccc(Oc2ccc(Cl)c(F)c2)cc1C1=C(O)[C@H]2CC[C@H](C2)C1=O.CCc1ccc(Oc2ccc(OC(F)(F)F)cc2)cc1C1=C(O)[C@H]2CC[C@H](C2)C1=O. The number of Topliss-reactive ketones (excluding diaryl/α,β-unsaturated/α-hetero) is 5. The van der Waals surface area contributed by atoms with Gasteiger partial charge in [0, 0.05) is 86.3 Å². The molecule has 9 aliphatic rings. The Hall–Kier alpha value is -11.5. The van der Waals surface area contributed by atoms with Gasteiger partial charge in [-0.15, -0.1) is 13.2 Å². The first-order valence-electron chi connectivity index (χ1n) is 46.8. The van der Waals surface area contributed by atoms with Crippen LogP contribution in [0.5, 0.6) is 63.2 Å². The lowest BCUT2D eigenvalue weighted by molar-refractivity contribution is -0.274. The Labute approximate surface area is 830 Å². The van der Waals surface area contributed by atoms with Gasteiger partial charge in [0.15, 0.2) is 40.5 Å². The zero-order chi connectivity index (χ0) is 98.6. The summed E-state index contributed by atoms with van der Waals surface area (Å²) in [5.74, 6) is 4.56. The highest BCUT2D eigenvalue weighted by Gasteiger charge is 2.47. The molecule has 0 heterocycles. The van der Waals surface area contributed by atoms with E-state index in [0.717, 1.165) is 145 Å². The number of benzene rings is 10. The maximum atomic E-state index is 14.1. The zero-order valence-electron chi connectivity index (χ0n) is 77.5. The molecule has 0 saturated heterocycles. The fourth-order valence-corrected chi connectivity index (χ4v) is 21.2. The maximum Gasteiger partial charge on any atom is 0.573 e. The summed E-state index contributed by atoms with van der Waals surface area (Å²) in [6.07, 6.45) is 9.55. The number of carbonyl (C=O) groups excluding carboxylic acids is 5. The van der Waals surface area contributed by atoms with Gasteiger partial charge in [-0.2, -0.15) is 0 Å². The van der Waals surface area contributed by atoms with E-state index in [1.807, 2.05) is 134 Å². The molecule has 5 N–H and O–H groups in total. The Kier molecular flexibility index (Phi) is 31.5. The van der Waals surface area contributed by atoms with Crippen molar-refractivity contribution < 1.29 is 99.9 Å². The van der Waals surface area contributed by atoms with E-state index in [1.165, 1.54) is 42.5 Å². The fourth-order valence-electron chi connectivity index (χ4n) is 20.1. The molecule has 10 aromatic carbocycles. The largest absolute Gasteiger partial charge is 0.573 e. The van der Waals surface area contributed by atoms with Crippen molar-refractivity contribution in [1.82, 2.24) is 0 Å². The zero-order valence-corrected chi connectivity index (χ0v) is 82.9. The van der Waals surface area contributed by atoms with Crippen LogP contribution in [0.15, 0.2) is 226 Å². The van der Waals surface area contributed by atoms with Crippen LogP contribution in [0.25, 0.3) is 27.9 Å². The maximum absolute atomic E-state index is 14.1. The van der Waals surface area contributed by atoms with Crippen LogP contribution in [0, 0.1) is 71.3 Å². The first kappa shape index (κ1) is 101. The number of aliphatic hydroxyl groups excluding tert-OH is 5. The number of rotatable bonds is 21. The number of fused-ring (bicyclic) bond motifs is 8. The third-order valence-electron chi connectivity index (χ3n) is 27.3. The summed E-state index contributed by atoms with van der Waals surface area (Å²) >= 11 is 24.6. The van der Waals surface area contributed by atoms with Gasteiger partial charge in [-0.1, -0.05) is 136 Å². The predicted molar refractivity (Wildman–Crippen MR) is 533 cm³/mol. The van der Waals surface area contributed by atoms with Gasteiger partial charge in [0.25, 0.3) is 0 Å². The van der Waals surface area contributed by atoms with Crippen molar-refractivity contribution in [2.45, 2.75) is 184 Å². The Morgan fingerprint density at radius 3 is 1.01 bits per heavy atom. The normalized spacial score (nSPS) is 20.6. The quantitative estimate of drug-likeness (QED) is 0.0420. The van der Waals surface area contributed by atoms with Crippen LogP contribution in [0.1, 0.15) is 200 Å². The molecule has 8 atom stereocenters. The minimum absolute atomic E-state index is 0.000502. The molecule has 8 bridgehead atoms. The van der Waals surface area contributed by atoms with Crippen LogP contribution in [0.2, 0.25) is 15.1 Å². The summed E-state index contributed by atoms with van der Waals surface area (Å²) in [4.78, 5) is 64.4. The van der Waals surface area contributed by atoms with E-state index in [4.69, 9.17) is 58.5 Å². The summed E-state index contributed by atoms with van der Waals surface area (Å²) in [6, 6.07) is 52.4. The number of halogens is 10. The Bertz CT molecular complexity index is 6440. The average Bonchev–Trinajstić information content (AvgIpc) is 1.54. The van der Waals surface area contributed by atoms with E-state index in [2.05, 4.69) is 36.6 Å². The topological polar surface area (TPSA) is 242 Å². The van der Waals surface area contributed by atoms with E-state index in [9.17, 15) is 71.5 Å². The second-order valence-electron chi connectivity index (χ2n) is 37.1. The number of alkyl halides is 3.